The Kier molecular flexibility index (Phi) is 6.32. The van der Waals surface area contributed by atoms with Gasteiger partial charge in [-0.3, -0.25) is 4.79 Å². The summed E-state index contributed by atoms with van der Waals surface area (Å²) in [7, 11) is 0. The Balaban J connectivity index is 1.70. The quantitative estimate of drug-likeness (QED) is 0.536. The molecule has 1 N–H and O–H groups in total. The molecule has 4 nitrogen and oxygen atoms in total. The third kappa shape index (κ3) is 4.83. The van der Waals surface area contributed by atoms with Gasteiger partial charge in [0.15, 0.2) is 6.61 Å². The molecular weight excluding hydrogens is 362 g/mol. The Morgan fingerprint density at radius 3 is 2.07 bits per heavy atom. The first-order chi connectivity index (χ1) is 13.9. The molecule has 0 heterocycles. The number of amides is 1. The average molecular weight is 389 g/mol. The number of ether oxygens (including phenoxy) is 1. The Morgan fingerprint density at radius 2 is 1.45 bits per heavy atom. The molecule has 0 atom stereocenters. The van der Waals surface area contributed by atoms with Gasteiger partial charge in [-0.1, -0.05) is 76.2 Å². The maximum absolute atomic E-state index is 12.5. The maximum Gasteiger partial charge on any atom is 0.338 e. The predicted octanol–water partition coefficient (Wildman–Crippen LogP) is 5.88. The first-order valence-corrected chi connectivity index (χ1v) is 9.95. The molecule has 0 saturated heterocycles. The van der Waals surface area contributed by atoms with Crippen LogP contribution in [0.4, 0.5) is 5.69 Å². The van der Waals surface area contributed by atoms with Gasteiger partial charge in [0.2, 0.25) is 0 Å². The lowest BCUT2D eigenvalue weighted by Crippen LogP contribution is -2.22. The molecule has 0 aliphatic heterocycles. The number of esters is 1. The van der Waals surface area contributed by atoms with Crippen LogP contribution in [0.2, 0.25) is 0 Å². The van der Waals surface area contributed by atoms with Gasteiger partial charge in [0.25, 0.3) is 5.91 Å². The van der Waals surface area contributed by atoms with Gasteiger partial charge in [-0.15, -0.1) is 0 Å². The summed E-state index contributed by atoms with van der Waals surface area (Å²) in [6.45, 7) is 8.04. The highest BCUT2D eigenvalue weighted by atomic mass is 16.5. The van der Waals surface area contributed by atoms with Gasteiger partial charge in [0, 0.05) is 5.69 Å². The number of rotatable bonds is 6. The molecule has 0 saturated carbocycles. The monoisotopic (exact) mass is 389 g/mol. The predicted molar refractivity (Wildman–Crippen MR) is 117 cm³/mol. The lowest BCUT2D eigenvalue weighted by atomic mass is 9.92. The van der Waals surface area contributed by atoms with Crippen molar-refractivity contribution in [2.45, 2.75) is 39.5 Å². The van der Waals surface area contributed by atoms with Crippen LogP contribution >= 0.6 is 0 Å². The first kappa shape index (κ1) is 20.6. The molecule has 0 aromatic heterocycles. The van der Waals surface area contributed by atoms with Gasteiger partial charge in [-0.25, -0.2) is 4.79 Å². The third-order valence-corrected chi connectivity index (χ3v) is 4.96. The van der Waals surface area contributed by atoms with Crippen molar-refractivity contribution < 1.29 is 14.3 Å². The fraction of sp³-hybridized carbons (Fsp3) is 0.280. The van der Waals surface area contributed by atoms with E-state index in [9.17, 15) is 9.59 Å². The summed E-state index contributed by atoms with van der Waals surface area (Å²) in [4.78, 5) is 24.9. The third-order valence-electron chi connectivity index (χ3n) is 4.96. The summed E-state index contributed by atoms with van der Waals surface area (Å²) in [6, 6.07) is 19.2. The van der Waals surface area contributed by atoms with E-state index < -0.39 is 5.97 Å². The number of nitrogens with one attached hydrogen (secondary N) is 1. The van der Waals surface area contributed by atoms with Crippen LogP contribution in [-0.4, -0.2) is 18.5 Å². The van der Waals surface area contributed by atoms with Gasteiger partial charge in [-0.2, -0.15) is 0 Å². The molecule has 3 aromatic rings. The molecule has 150 valence electrons. The SMILES string of the molecule is CC(C)c1cccc(C(C)C)c1NC(=O)COC(=O)c1ccc2ccccc2c1. The zero-order chi connectivity index (χ0) is 21.0. The molecular formula is C25H27NO3. The number of hydrogen-bond acceptors (Lipinski definition) is 3. The van der Waals surface area contributed by atoms with Crippen molar-refractivity contribution in [2.24, 2.45) is 0 Å². The summed E-state index contributed by atoms with van der Waals surface area (Å²) >= 11 is 0. The molecule has 3 rings (SSSR count). The van der Waals surface area contributed by atoms with E-state index in [-0.39, 0.29) is 24.3 Å². The number of hydrogen-bond donors (Lipinski definition) is 1. The van der Waals surface area contributed by atoms with E-state index in [1.165, 1.54) is 0 Å². The number of anilines is 1. The van der Waals surface area contributed by atoms with E-state index in [0.717, 1.165) is 27.6 Å². The molecule has 0 radical (unpaired) electrons. The Labute approximate surface area is 171 Å². The molecule has 0 aliphatic rings. The molecule has 4 heteroatoms. The summed E-state index contributed by atoms with van der Waals surface area (Å²) in [6.07, 6.45) is 0. The highest BCUT2D eigenvalue weighted by Gasteiger charge is 2.17. The summed E-state index contributed by atoms with van der Waals surface area (Å²) in [5.41, 5.74) is 3.40. The second kappa shape index (κ2) is 8.91. The number of carbonyl (C=O) groups is 2. The Hall–Kier alpha value is -3.14. The molecule has 1 amide bonds. The van der Waals surface area contributed by atoms with Crippen molar-refractivity contribution in [1.82, 2.24) is 0 Å². The van der Waals surface area contributed by atoms with E-state index in [2.05, 4.69) is 33.0 Å². The van der Waals surface area contributed by atoms with Gasteiger partial charge in [-0.05, 0) is 45.9 Å². The minimum Gasteiger partial charge on any atom is -0.452 e. The first-order valence-electron chi connectivity index (χ1n) is 9.95. The van der Waals surface area contributed by atoms with Crippen molar-refractivity contribution in [3.05, 3.63) is 77.4 Å². The molecule has 0 bridgehead atoms. The van der Waals surface area contributed by atoms with Crippen molar-refractivity contribution in [3.63, 3.8) is 0 Å². The second-order valence-electron chi connectivity index (χ2n) is 7.81. The van der Waals surface area contributed by atoms with Gasteiger partial charge >= 0.3 is 5.97 Å². The molecule has 0 spiro atoms. The minimum absolute atomic E-state index is 0.268. The molecule has 0 fully saturated rings. The van der Waals surface area contributed by atoms with Crippen LogP contribution in [0.1, 0.15) is 61.0 Å². The van der Waals surface area contributed by atoms with Crippen LogP contribution in [0.5, 0.6) is 0 Å². The fourth-order valence-electron chi connectivity index (χ4n) is 3.40. The molecule has 0 unspecified atom stereocenters. The van der Waals surface area contributed by atoms with Crippen LogP contribution in [0, 0.1) is 0 Å². The lowest BCUT2D eigenvalue weighted by Gasteiger charge is -2.20. The van der Waals surface area contributed by atoms with E-state index in [1.807, 2.05) is 48.5 Å². The van der Waals surface area contributed by atoms with Crippen molar-refractivity contribution in [3.8, 4) is 0 Å². The van der Waals surface area contributed by atoms with E-state index in [1.54, 1.807) is 12.1 Å². The van der Waals surface area contributed by atoms with E-state index in [4.69, 9.17) is 4.74 Å². The van der Waals surface area contributed by atoms with Crippen molar-refractivity contribution in [2.75, 3.05) is 11.9 Å². The lowest BCUT2D eigenvalue weighted by molar-refractivity contribution is -0.119. The van der Waals surface area contributed by atoms with Crippen LogP contribution in [0.25, 0.3) is 10.8 Å². The fourth-order valence-corrected chi connectivity index (χ4v) is 3.40. The summed E-state index contributed by atoms with van der Waals surface area (Å²) in [5.74, 6) is -0.311. The van der Waals surface area contributed by atoms with Crippen molar-refractivity contribution >= 4 is 28.3 Å². The maximum atomic E-state index is 12.5. The van der Waals surface area contributed by atoms with Gasteiger partial charge < -0.3 is 10.1 Å². The van der Waals surface area contributed by atoms with Gasteiger partial charge in [0.05, 0.1) is 5.56 Å². The highest BCUT2D eigenvalue weighted by molar-refractivity contribution is 5.98. The van der Waals surface area contributed by atoms with Crippen LogP contribution in [-0.2, 0) is 9.53 Å². The number of benzene rings is 3. The molecule has 0 aliphatic carbocycles. The largest absolute Gasteiger partial charge is 0.452 e. The number of carbonyl (C=O) groups excluding carboxylic acids is 2. The van der Waals surface area contributed by atoms with Crippen LogP contribution in [0.3, 0.4) is 0 Å². The second-order valence-corrected chi connectivity index (χ2v) is 7.81. The smallest absolute Gasteiger partial charge is 0.338 e. The standard InChI is InChI=1S/C25H27NO3/c1-16(2)21-10-7-11-22(17(3)4)24(21)26-23(27)15-29-25(28)20-13-12-18-8-5-6-9-19(18)14-20/h5-14,16-17H,15H2,1-4H3,(H,26,27). The highest BCUT2D eigenvalue weighted by Crippen LogP contribution is 2.32. The van der Waals surface area contributed by atoms with E-state index >= 15 is 0 Å². The number of fused-ring (bicyclic) bond motifs is 1. The molecule has 3 aromatic carbocycles. The Bertz CT molecular complexity index is 1010. The molecule has 29 heavy (non-hydrogen) atoms. The Morgan fingerprint density at radius 1 is 0.828 bits per heavy atom. The number of para-hydroxylation sites is 1. The minimum atomic E-state index is -0.507. The van der Waals surface area contributed by atoms with Gasteiger partial charge in [0.1, 0.15) is 0 Å². The summed E-state index contributed by atoms with van der Waals surface area (Å²) < 4.78 is 5.26. The normalized spacial score (nSPS) is 11.1. The van der Waals surface area contributed by atoms with Crippen molar-refractivity contribution in [1.29, 1.82) is 0 Å². The summed E-state index contributed by atoms with van der Waals surface area (Å²) in [5, 5.41) is 4.97. The topological polar surface area (TPSA) is 55.4 Å². The zero-order valence-corrected chi connectivity index (χ0v) is 17.4. The average Bonchev–Trinajstić information content (AvgIpc) is 2.71. The zero-order valence-electron chi connectivity index (χ0n) is 17.4. The van der Waals surface area contributed by atoms with Crippen LogP contribution in [0.15, 0.2) is 60.7 Å². The van der Waals surface area contributed by atoms with Crippen LogP contribution < -0.4 is 5.32 Å². The van der Waals surface area contributed by atoms with E-state index in [0.29, 0.717) is 5.56 Å².